The molecule has 7 heteroatoms. The Labute approximate surface area is 156 Å². The lowest BCUT2D eigenvalue weighted by atomic mass is 9.73. The van der Waals surface area contributed by atoms with E-state index < -0.39 is 11.5 Å². The minimum atomic E-state index is -0.856. The molecule has 0 saturated carbocycles. The minimum absolute atomic E-state index is 0.0918. The number of aromatic nitrogens is 1. The van der Waals surface area contributed by atoms with Gasteiger partial charge < -0.3 is 15.5 Å². The molecule has 2 atom stereocenters. The van der Waals surface area contributed by atoms with E-state index in [0.29, 0.717) is 13.0 Å². The van der Waals surface area contributed by atoms with Crippen LogP contribution in [-0.2, 0) is 19.8 Å². The van der Waals surface area contributed by atoms with Crippen molar-refractivity contribution in [2.75, 3.05) is 18.4 Å². The topological polar surface area (TPSA) is 91.4 Å². The number of hydrogen-bond acceptors (Lipinski definition) is 4. The van der Waals surface area contributed by atoms with E-state index in [9.17, 15) is 14.4 Å². The summed E-state index contributed by atoms with van der Waals surface area (Å²) in [7, 11) is 0. The molecule has 2 aliphatic rings. The van der Waals surface area contributed by atoms with Crippen LogP contribution in [0.2, 0.25) is 0 Å². The minimum Gasteiger partial charge on any atom is -0.347 e. The number of carbonyl (C=O) groups is 3. The zero-order valence-corrected chi connectivity index (χ0v) is 14.9. The van der Waals surface area contributed by atoms with E-state index in [-0.39, 0.29) is 24.3 Å². The molecule has 0 aliphatic carbocycles. The Kier molecular flexibility index (Phi) is 4.14. The van der Waals surface area contributed by atoms with Gasteiger partial charge in [0, 0.05) is 31.5 Å². The maximum absolute atomic E-state index is 13.1. The Morgan fingerprint density at radius 2 is 2.11 bits per heavy atom. The van der Waals surface area contributed by atoms with Crippen LogP contribution in [-0.4, -0.2) is 40.7 Å². The van der Waals surface area contributed by atoms with Crippen LogP contribution in [0, 0.1) is 0 Å². The average molecular weight is 364 g/mol. The highest BCUT2D eigenvalue weighted by Gasteiger charge is 2.59. The third-order valence-electron chi connectivity index (χ3n) is 5.40. The standard InChI is InChI=1S/C20H20N4O3/c1-13(25)22-12-17(26)24-10-8-20(18(24)14-5-4-9-21-11-14)15-6-2-3-7-16(15)23-19(20)27/h2-7,9,11,18H,8,10,12H2,1H3,(H,22,25)(H,23,27). The second-order valence-corrected chi connectivity index (χ2v) is 6.91. The van der Waals surface area contributed by atoms with Crippen LogP contribution in [0.5, 0.6) is 0 Å². The number of benzene rings is 1. The van der Waals surface area contributed by atoms with Crippen molar-refractivity contribution in [1.82, 2.24) is 15.2 Å². The fourth-order valence-corrected chi connectivity index (χ4v) is 4.26. The van der Waals surface area contributed by atoms with E-state index in [1.165, 1.54) is 6.92 Å². The number of nitrogens with one attached hydrogen (secondary N) is 2. The van der Waals surface area contributed by atoms with Gasteiger partial charge in [0.15, 0.2) is 0 Å². The third-order valence-corrected chi connectivity index (χ3v) is 5.40. The van der Waals surface area contributed by atoms with Crippen molar-refractivity contribution in [1.29, 1.82) is 0 Å². The summed E-state index contributed by atoms with van der Waals surface area (Å²) in [6.07, 6.45) is 3.88. The summed E-state index contributed by atoms with van der Waals surface area (Å²) in [5, 5.41) is 5.53. The monoisotopic (exact) mass is 364 g/mol. The highest BCUT2D eigenvalue weighted by Crippen LogP contribution is 2.54. The Morgan fingerprint density at radius 1 is 1.30 bits per heavy atom. The van der Waals surface area contributed by atoms with Crippen LogP contribution in [0.25, 0.3) is 0 Å². The van der Waals surface area contributed by atoms with Crippen LogP contribution in [0.4, 0.5) is 5.69 Å². The van der Waals surface area contributed by atoms with Gasteiger partial charge in [-0.1, -0.05) is 24.3 Å². The van der Waals surface area contributed by atoms with Crippen molar-refractivity contribution in [2.24, 2.45) is 0 Å². The zero-order chi connectivity index (χ0) is 19.0. The van der Waals surface area contributed by atoms with E-state index in [2.05, 4.69) is 15.6 Å². The first kappa shape index (κ1) is 17.2. The molecular weight excluding hydrogens is 344 g/mol. The van der Waals surface area contributed by atoms with Gasteiger partial charge in [0.25, 0.3) is 0 Å². The predicted molar refractivity (Wildman–Crippen MR) is 98.7 cm³/mol. The number of para-hydroxylation sites is 1. The largest absolute Gasteiger partial charge is 0.347 e. The van der Waals surface area contributed by atoms with E-state index in [4.69, 9.17) is 0 Å². The first-order valence-electron chi connectivity index (χ1n) is 8.89. The highest BCUT2D eigenvalue weighted by molar-refractivity contribution is 6.07. The number of fused-ring (bicyclic) bond motifs is 2. The summed E-state index contributed by atoms with van der Waals surface area (Å²) in [4.78, 5) is 43.1. The molecule has 3 heterocycles. The lowest BCUT2D eigenvalue weighted by Crippen LogP contribution is -2.45. The van der Waals surface area contributed by atoms with Gasteiger partial charge in [-0.3, -0.25) is 19.4 Å². The number of nitrogens with zero attached hydrogens (tertiary/aromatic N) is 2. The molecule has 2 aliphatic heterocycles. The first-order chi connectivity index (χ1) is 13.0. The van der Waals surface area contributed by atoms with Gasteiger partial charge in [0.05, 0.1) is 12.6 Å². The number of anilines is 1. The van der Waals surface area contributed by atoms with Crippen LogP contribution in [0.1, 0.15) is 30.5 Å². The molecule has 138 valence electrons. The van der Waals surface area contributed by atoms with Crippen LogP contribution >= 0.6 is 0 Å². The van der Waals surface area contributed by atoms with E-state index in [1.54, 1.807) is 23.4 Å². The molecule has 2 unspecified atom stereocenters. The average Bonchev–Trinajstić information content (AvgIpc) is 3.21. The van der Waals surface area contributed by atoms with Crippen molar-refractivity contribution in [2.45, 2.75) is 24.8 Å². The number of rotatable bonds is 3. The molecular formula is C20H20N4O3. The lowest BCUT2D eigenvalue weighted by Gasteiger charge is -2.34. The molecule has 1 aromatic heterocycles. The molecule has 1 aromatic carbocycles. The normalized spacial score (nSPS) is 23.2. The Balaban J connectivity index is 1.80. The summed E-state index contributed by atoms with van der Waals surface area (Å²) in [6, 6.07) is 10.8. The molecule has 2 N–H and O–H groups in total. The fraction of sp³-hybridized carbons (Fsp3) is 0.300. The van der Waals surface area contributed by atoms with Gasteiger partial charge in [0.2, 0.25) is 17.7 Å². The summed E-state index contributed by atoms with van der Waals surface area (Å²) >= 11 is 0. The van der Waals surface area contributed by atoms with Crippen molar-refractivity contribution < 1.29 is 14.4 Å². The van der Waals surface area contributed by atoms with Crippen molar-refractivity contribution >= 4 is 23.4 Å². The number of pyridine rings is 1. The molecule has 3 amide bonds. The summed E-state index contributed by atoms with van der Waals surface area (Å²) in [5.74, 6) is -0.584. The molecule has 27 heavy (non-hydrogen) atoms. The van der Waals surface area contributed by atoms with E-state index >= 15 is 0 Å². The predicted octanol–water partition coefficient (Wildman–Crippen LogP) is 1.38. The number of hydrogen-bond donors (Lipinski definition) is 2. The molecule has 1 fully saturated rings. The molecule has 4 rings (SSSR count). The molecule has 1 spiro atoms. The molecule has 7 nitrogen and oxygen atoms in total. The second kappa shape index (κ2) is 6.50. The van der Waals surface area contributed by atoms with Gasteiger partial charge in [-0.2, -0.15) is 0 Å². The smallest absolute Gasteiger partial charge is 0.242 e. The maximum Gasteiger partial charge on any atom is 0.242 e. The van der Waals surface area contributed by atoms with Gasteiger partial charge in [-0.05, 0) is 29.7 Å². The van der Waals surface area contributed by atoms with E-state index in [1.807, 2.05) is 30.3 Å². The number of amides is 3. The summed E-state index contributed by atoms with van der Waals surface area (Å²) < 4.78 is 0. The fourth-order valence-electron chi connectivity index (χ4n) is 4.26. The Morgan fingerprint density at radius 3 is 2.85 bits per heavy atom. The van der Waals surface area contributed by atoms with Gasteiger partial charge >= 0.3 is 0 Å². The third kappa shape index (κ3) is 2.66. The zero-order valence-electron chi connectivity index (χ0n) is 14.9. The Bertz CT molecular complexity index is 914. The van der Waals surface area contributed by atoms with Crippen LogP contribution in [0.3, 0.4) is 0 Å². The molecule has 1 saturated heterocycles. The second-order valence-electron chi connectivity index (χ2n) is 6.91. The van der Waals surface area contributed by atoms with Crippen molar-refractivity contribution in [3.63, 3.8) is 0 Å². The van der Waals surface area contributed by atoms with Gasteiger partial charge in [0.1, 0.15) is 5.41 Å². The van der Waals surface area contributed by atoms with E-state index in [0.717, 1.165) is 16.8 Å². The molecule has 2 aromatic rings. The quantitative estimate of drug-likeness (QED) is 0.861. The Hall–Kier alpha value is -3.22. The summed E-state index contributed by atoms with van der Waals surface area (Å²) in [6.45, 7) is 1.71. The molecule has 0 radical (unpaired) electrons. The number of likely N-dealkylation sites (tertiary alicyclic amines) is 1. The van der Waals surface area contributed by atoms with Gasteiger partial charge in [-0.25, -0.2) is 0 Å². The lowest BCUT2D eigenvalue weighted by molar-refractivity contribution is -0.134. The first-order valence-corrected chi connectivity index (χ1v) is 8.89. The highest BCUT2D eigenvalue weighted by atomic mass is 16.2. The van der Waals surface area contributed by atoms with Crippen LogP contribution < -0.4 is 10.6 Å². The number of carbonyl (C=O) groups excluding carboxylic acids is 3. The maximum atomic E-state index is 13.1. The molecule has 0 bridgehead atoms. The van der Waals surface area contributed by atoms with Crippen molar-refractivity contribution in [3.05, 3.63) is 59.9 Å². The van der Waals surface area contributed by atoms with Crippen LogP contribution in [0.15, 0.2) is 48.8 Å². The van der Waals surface area contributed by atoms with Gasteiger partial charge in [-0.15, -0.1) is 0 Å². The summed E-state index contributed by atoms with van der Waals surface area (Å²) in [5.41, 5.74) is 1.63. The van der Waals surface area contributed by atoms with Crippen molar-refractivity contribution in [3.8, 4) is 0 Å². The SMILES string of the molecule is CC(=O)NCC(=O)N1CCC2(C(=O)Nc3ccccc32)C1c1cccnc1.